The van der Waals surface area contributed by atoms with E-state index in [9.17, 15) is 0 Å². The normalized spacial score (nSPS) is 15.7. The van der Waals surface area contributed by atoms with Crippen LogP contribution in [0.1, 0.15) is 22.7 Å². The quantitative estimate of drug-likeness (QED) is 0.683. The summed E-state index contributed by atoms with van der Waals surface area (Å²) in [6.45, 7) is 1.01. The van der Waals surface area contributed by atoms with E-state index in [0.717, 1.165) is 16.7 Å². The lowest BCUT2D eigenvalue weighted by Crippen LogP contribution is -2.46. The van der Waals surface area contributed by atoms with E-state index in [1.807, 2.05) is 91.0 Å². The molecule has 136 valence electrons. The predicted molar refractivity (Wildman–Crippen MR) is 106 cm³/mol. The van der Waals surface area contributed by atoms with Crippen molar-refractivity contribution in [1.82, 2.24) is 0 Å². The molecule has 0 radical (unpaired) electrons. The first kappa shape index (κ1) is 18.0. The summed E-state index contributed by atoms with van der Waals surface area (Å²) in [5, 5.41) is 0. The molecule has 0 spiro atoms. The van der Waals surface area contributed by atoms with Gasteiger partial charge >= 0.3 is 7.32 Å². The van der Waals surface area contributed by atoms with Gasteiger partial charge in [-0.2, -0.15) is 0 Å². The van der Waals surface area contributed by atoms with Crippen molar-refractivity contribution in [3.05, 3.63) is 108 Å². The molecule has 0 aliphatic carbocycles. The van der Waals surface area contributed by atoms with E-state index in [-0.39, 0.29) is 0 Å². The van der Waals surface area contributed by atoms with E-state index < -0.39 is 19.0 Å². The number of hydrogen-bond donors (Lipinski definition) is 1. The first-order valence-electron chi connectivity index (χ1n) is 9.13. The first-order chi connectivity index (χ1) is 13.3. The molecule has 0 aromatic heterocycles. The van der Waals surface area contributed by atoms with Gasteiger partial charge in [0.1, 0.15) is 5.60 Å². The monoisotopic (exact) mass is 359 g/mol. The molecule has 1 atom stereocenters. The number of hydrogen-bond acceptors (Lipinski definition) is 4. The van der Waals surface area contributed by atoms with E-state index in [0.29, 0.717) is 13.2 Å². The van der Waals surface area contributed by atoms with Crippen molar-refractivity contribution in [2.45, 2.75) is 11.6 Å². The van der Waals surface area contributed by atoms with Gasteiger partial charge in [-0.25, -0.2) is 0 Å². The number of nitrogens with two attached hydrogens (primary N) is 1. The zero-order chi connectivity index (χ0) is 18.5. The van der Waals surface area contributed by atoms with E-state index in [2.05, 4.69) is 0 Å². The van der Waals surface area contributed by atoms with Crippen LogP contribution in [0.4, 0.5) is 0 Å². The third kappa shape index (κ3) is 3.55. The molecule has 0 bridgehead atoms. The van der Waals surface area contributed by atoms with Gasteiger partial charge in [0.05, 0.1) is 19.3 Å². The number of benzene rings is 3. The van der Waals surface area contributed by atoms with Crippen molar-refractivity contribution in [3.63, 3.8) is 0 Å². The van der Waals surface area contributed by atoms with Crippen LogP contribution in [0.2, 0.25) is 0 Å². The third-order valence-electron chi connectivity index (χ3n) is 4.88. The van der Waals surface area contributed by atoms with Crippen LogP contribution in [0.5, 0.6) is 0 Å². The highest BCUT2D eigenvalue weighted by atomic mass is 16.8. The van der Waals surface area contributed by atoms with Gasteiger partial charge in [-0.3, -0.25) is 0 Å². The molecule has 3 aromatic rings. The summed E-state index contributed by atoms with van der Waals surface area (Å²) in [5.41, 5.74) is 8.80. The Morgan fingerprint density at radius 1 is 0.741 bits per heavy atom. The average Bonchev–Trinajstić information content (AvgIpc) is 3.26. The van der Waals surface area contributed by atoms with Crippen molar-refractivity contribution < 1.29 is 14.0 Å². The van der Waals surface area contributed by atoms with Crippen LogP contribution in [0.3, 0.4) is 0 Å². The highest BCUT2D eigenvalue weighted by Crippen LogP contribution is 2.44. The zero-order valence-corrected chi connectivity index (χ0v) is 15.0. The summed E-state index contributed by atoms with van der Waals surface area (Å²) in [6, 6.07) is 29.6. The minimum atomic E-state index is -0.959. The molecule has 27 heavy (non-hydrogen) atoms. The molecule has 5 heteroatoms. The van der Waals surface area contributed by atoms with Crippen LogP contribution in [-0.4, -0.2) is 20.5 Å². The minimum Gasteiger partial charge on any atom is -0.384 e. The molecule has 2 N–H and O–H groups in total. The van der Waals surface area contributed by atoms with Gasteiger partial charge in [0.25, 0.3) is 0 Å². The van der Waals surface area contributed by atoms with Gasteiger partial charge in [-0.15, -0.1) is 0 Å². The van der Waals surface area contributed by atoms with Gasteiger partial charge in [-0.05, 0) is 16.7 Å². The van der Waals surface area contributed by atoms with Crippen LogP contribution in [0, 0.1) is 0 Å². The fourth-order valence-corrected chi connectivity index (χ4v) is 3.56. The third-order valence-corrected chi connectivity index (χ3v) is 4.88. The van der Waals surface area contributed by atoms with Crippen molar-refractivity contribution in [2.24, 2.45) is 5.73 Å². The Hall–Kier alpha value is -2.44. The summed E-state index contributed by atoms with van der Waals surface area (Å²) in [5.74, 6) is 0. The second kappa shape index (κ2) is 8.07. The molecule has 1 heterocycles. The summed E-state index contributed by atoms with van der Waals surface area (Å²) < 4.78 is 17.8. The molecule has 4 nitrogen and oxygen atoms in total. The van der Waals surface area contributed by atoms with Crippen molar-refractivity contribution in [2.75, 3.05) is 13.2 Å². The molecule has 1 aliphatic heterocycles. The Morgan fingerprint density at radius 3 is 1.67 bits per heavy atom. The van der Waals surface area contributed by atoms with Gasteiger partial charge in [-0.1, -0.05) is 91.0 Å². The molecule has 4 rings (SSSR count). The highest BCUT2D eigenvalue weighted by molar-refractivity contribution is 6.37. The SMILES string of the molecule is NC(c1ccccc1)C(OB1OCCO1)(c1ccccc1)c1ccccc1. The van der Waals surface area contributed by atoms with Crippen molar-refractivity contribution >= 4 is 7.32 Å². The summed E-state index contributed by atoms with van der Waals surface area (Å²) in [7, 11) is -0.764. The second-order valence-corrected chi connectivity index (χ2v) is 6.50. The smallest absolute Gasteiger partial charge is 0.384 e. The van der Waals surface area contributed by atoms with Crippen molar-refractivity contribution in [3.8, 4) is 0 Å². The topological polar surface area (TPSA) is 53.7 Å². The fraction of sp³-hybridized carbons (Fsp3) is 0.182. The van der Waals surface area contributed by atoms with E-state index in [4.69, 9.17) is 19.7 Å². The zero-order valence-electron chi connectivity index (χ0n) is 15.0. The maximum absolute atomic E-state index is 6.88. The lowest BCUT2D eigenvalue weighted by Gasteiger charge is -2.41. The molecular formula is C22H22BNO3. The van der Waals surface area contributed by atoms with Crippen molar-refractivity contribution in [1.29, 1.82) is 0 Å². The highest BCUT2D eigenvalue weighted by Gasteiger charge is 2.47. The lowest BCUT2D eigenvalue weighted by molar-refractivity contribution is 0.0258. The minimum absolute atomic E-state index is 0.462. The second-order valence-electron chi connectivity index (χ2n) is 6.50. The predicted octanol–water partition coefficient (Wildman–Crippen LogP) is 3.68. The van der Waals surface area contributed by atoms with Crippen LogP contribution in [0.15, 0.2) is 91.0 Å². The van der Waals surface area contributed by atoms with Crippen LogP contribution >= 0.6 is 0 Å². The average molecular weight is 359 g/mol. The van der Waals surface area contributed by atoms with Gasteiger partial charge < -0.3 is 19.7 Å². The Balaban J connectivity index is 1.90. The maximum Gasteiger partial charge on any atom is 0.640 e. The summed E-state index contributed by atoms with van der Waals surface area (Å²) in [6.07, 6.45) is 0. The molecule has 1 unspecified atom stereocenters. The summed E-state index contributed by atoms with van der Waals surface area (Å²) >= 11 is 0. The largest absolute Gasteiger partial charge is 0.640 e. The Labute approximate surface area is 160 Å². The molecule has 1 fully saturated rings. The van der Waals surface area contributed by atoms with E-state index in [1.165, 1.54) is 0 Å². The maximum atomic E-state index is 6.88. The molecule has 0 saturated carbocycles. The Morgan fingerprint density at radius 2 is 1.19 bits per heavy atom. The molecule has 3 aromatic carbocycles. The fourth-order valence-electron chi connectivity index (χ4n) is 3.56. The van der Waals surface area contributed by atoms with E-state index >= 15 is 0 Å². The van der Waals surface area contributed by atoms with Gasteiger partial charge in [0, 0.05) is 0 Å². The van der Waals surface area contributed by atoms with Gasteiger partial charge in [0.15, 0.2) is 0 Å². The van der Waals surface area contributed by atoms with Crippen LogP contribution in [-0.2, 0) is 19.6 Å². The molecule has 1 saturated heterocycles. The molecule has 1 aliphatic rings. The van der Waals surface area contributed by atoms with Gasteiger partial charge in [0.2, 0.25) is 0 Å². The summed E-state index contributed by atoms with van der Waals surface area (Å²) in [4.78, 5) is 0. The van der Waals surface area contributed by atoms with Crippen LogP contribution in [0.25, 0.3) is 0 Å². The molecule has 0 amide bonds. The molecular weight excluding hydrogens is 337 g/mol. The number of rotatable bonds is 6. The Kier molecular flexibility index (Phi) is 5.36. The lowest BCUT2D eigenvalue weighted by atomic mass is 9.76. The Bertz CT molecular complexity index is 800. The van der Waals surface area contributed by atoms with Crippen LogP contribution < -0.4 is 5.73 Å². The standard InChI is InChI=1S/C22H22BNO3/c24-21(18-10-4-1-5-11-18)22(19-12-6-2-7-13-19,20-14-8-3-9-15-20)27-23-25-16-17-26-23/h1-15,21H,16-17,24H2. The van der Waals surface area contributed by atoms with E-state index in [1.54, 1.807) is 0 Å². The first-order valence-corrected chi connectivity index (χ1v) is 9.13.